The fraction of sp³-hybridized carbons (Fsp3) is 0.389. The number of phenolic OH excluding ortho intramolecular Hbond substituents is 1. The number of hydrogen-bond acceptors (Lipinski definition) is 7. The molecule has 1 aromatic heterocycles. The van der Waals surface area contributed by atoms with E-state index in [1.165, 1.54) is 4.90 Å². The molecule has 0 unspecified atom stereocenters. The van der Waals surface area contributed by atoms with Gasteiger partial charge in [-0.3, -0.25) is 24.3 Å². The van der Waals surface area contributed by atoms with Crippen molar-refractivity contribution < 1.29 is 34.4 Å². The third kappa shape index (κ3) is 6.15. The molecule has 9 heteroatoms. The van der Waals surface area contributed by atoms with E-state index >= 15 is 0 Å². The summed E-state index contributed by atoms with van der Waals surface area (Å²) in [4.78, 5) is 43.7. The minimum absolute atomic E-state index is 0.0733. The molecule has 2 aromatic carbocycles. The van der Waals surface area contributed by atoms with Crippen LogP contribution in [0.4, 0.5) is 0 Å². The fourth-order valence-corrected chi connectivity index (χ4v) is 7.36. The van der Waals surface area contributed by atoms with Crippen molar-refractivity contribution in [2.45, 2.75) is 51.0 Å². The third-order valence-corrected chi connectivity index (χ3v) is 9.50. The predicted molar refractivity (Wildman–Crippen MR) is 169 cm³/mol. The molecule has 2 amide bonds. The zero-order valence-electron chi connectivity index (χ0n) is 25.1. The van der Waals surface area contributed by atoms with Crippen LogP contribution in [0.1, 0.15) is 56.2 Å². The average Bonchev–Trinajstić information content (AvgIpc) is 3.58. The first-order valence-corrected chi connectivity index (χ1v) is 15.7. The molecule has 2 saturated heterocycles. The number of phenols is 1. The van der Waals surface area contributed by atoms with E-state index in [4.69, 9.17) is 9.84 Å². The molecule has 3 aromatic rings. The van der Waals surface area contributed by atoms with Crippen molar-refractivity contribution in [3.63, 3.8) is 0 Å². The number of carboxylic acid groups (broad SMARTS) is 1. The van der Waals surface area contributed by atoms with Gasteiger partial charge in [-0.05, 0) is 84.0 Å². The van der Waals surface area contributed by atoms with Crippen molar-refractivity contribution in [3.05, 3.63) is 83.2 Å². The number of pyridine rings is 1. The monoisotopic (exact) mass is 610 g/mol. The number of hydrogen-bond donors (Lipinski definition) is 3. The Balaban J connectivity index is 1.22. The van der Waals surface area contributed by atoms with Crippen LogP contribution < -0.4 is 0 Å². The number of imide groups is 1. The van der Waals surface area contributed by atoms with Gasteiger partial charge in [-0.2, -0.15) is 0 Å². The number of allylic oxidation sites excluding steroid dienone is 1. The molecule has 0 saturated carbocycles. The first kappa shape index (κ1) is 30.7. The summed E-state index contributed by atoms with van der Waals surface area (Å²) in [5.74, 6) is -2.26. The van der Waals surface area contributed by atoms with Gasteiger partial charge in [0.05, 0.1) is 36.8 Å². The number of amides is 2. The number of nitrogens with zero attached hydrogens (tertiary/aromatic N) is 2. The van der Waals surface area contributed by atoms with Crippen LogP contribution >= 0.6 is 0 Å². The standard InChI is InChI=1S/C36H38N2O7/c39-20-24-19-27-34(36(44)38(35(27)43)17-7-1-2-11-32(41)42)28-21-45-31(33(24)28)15-13-23(29-10-5-6-16-37-29)18-22-12-14-30(40)26-9-4-3-8-25(22)26/h3-6,8-10,12,14,16,18,27-28,31,34,39-40H,1-2,7,11,13,15,17,19-21H2,(H,41,42)/b23-18-/t27-,28+,31-,34-/m1/s1. The van der Waals surface area contributed by atoms with Gasteiger partial charge in [0.25, 0.3) is 0 Å². The number of ether oxygens (including phenoxy) is 1. The lowest BCUT2D eigenvalue weighted by atomic mass is 9.69. The molecule has 45 heavy (non-hydrogen) atoms. The molecule has 0 spiro atoms. The topological polar surface area (TPSA) is 137 Å². The number of rotatable bonds is 12. The zero-order valence-corrected chi connectivity index (χ0v) is 25.1. The number of carboxylic acids is 1. The van der Waals surface area contributed by atoms with Crippen LogP contribution in [0.5, 0.6) is 5.75 Å². The van der Waals surface area contributed by atoms with Crippen molar-refractivity contribution in [1.29, 1.82) is 0 Å². The van der Waals surface area contributed by atoms with Gasteiger partial charge < -0.3 is 20.1 Å². The number of likely N-dealkylation sites (tertiary alicyclic amines) is 1. The van der Waals surface area contributed by atoms with E-state index in [0.29, 0.717) is 45.1 Å². The Labute approximate surface area is 261 Å². The molecule has 234 valence electrons. The summed E-state index contributed by atoms with van der Waals surface area (Å²) in [6.45, 7) is 0.421. The number of aliphatic hydroxyl groups is 1. The van der Waals surface area contributed by atoms with Crippen LogP contribution in [0.2, 0.25) is 0 Å². The summed E-state index contributed by atoms with van der Waals surface area (Å²) in [6.07, 6.45) is 6.92. The predicted octanol–water partition coefficient (Wildman–Crippen LogP) is 5.22. The van der Waals surface area contributed by atoms with E-state index in [1.807, 2.05) is 48.5 Å². The smallest absolute Gasteiger partial charge is 0.303 e. The van der Waals surface area contributed by atoms with Crippen molar-refractivity contribution in [3.8, 4) is 5.75 Å². The SMILES string of the molecule is O=C(O)CCCCCN1C(=O)[C@@H]2[C@@H](CC(CO)=C3[C@@H](CC/C(=C/c4ccc(O)c5ccccc45)c4ccccn4)OC[C@@H]32)C1=O. The lowest BCUT2D eigenvalue weighted by Gasteiger charge is -2.31. The number of unbranched alkanes of at least 4 members (excludes halogenated alkanes) is 2. The molecule has 4 atom stereocenters. The molecule has 2 aliphatic heterocycles. The molecule has 0 radical (unpaired) electrons. The highest BCUT2D eigenvalue weighted by molar-refractivity contribution is 6.06. The highest BCUT2D eigenvalue weighted by Gasteiger charge is 2.56. The molecule has 1 aliphatic carbocycles. The first-order valence-electron chi connectivity index (χ1n) is 15.7. The quantitative estimate of drug-likeness (QED) is 0.144. The van der Waals surface area contributed by atoms with E-state index in [-0.39, 0.29) is 49.2 Å². The number of aromatic nitrogens is 1. The Morgan fingerprint density at radius 1 is 0.956 bits per heavy atom. The highest BCUT2D eigenvalue weighted by Crippen LogP contribution is 2.50. The molecule has 2 fully saturated rings. The summed E-state index contributed by atoms with van der Waals surface area (Å²) in [5, 5.41) is 31.4. The average molecular weight is 611 g/mol. The van der Waals surface area contributed by atoms with Crippen LogP contribution in [0, 0.1) is 17.8 Å². The second-order valence-corrected chi connectivity index (χ2v) is 12.2. The molecule has 9 nitrogen and oxygen atoms in total. The maximum Gasteiger partial charge on any atom is 0.303 e. The maximum absolute atomic E-state index is 13.6. The van der Waals surface area contributed by atoms with E-state index in [1.54, 1.807) is 12.3 Å². The molecule has 3 N–H and O–H groups in total. The second-order valence-electron chi connectivity index (χ2n) is 12.2. The largest absolute Gasteiger partial charge is 0.507 e. The summed E-state index contributed by atoms with van der Waals surface area (Å²) < 4.78 is 6.33. The molecule has 3 aliphatic rings. The van der Waals surface area contributed by atoms with Crippen LogP contribution in [-0.2, 0) is 19.1 Å². The zero-order chi connectivity index (χ0) is 31.5. The minimum Gasteiger partial charge on any atom is -0.507 e. The van der Waals surface area contributed by atoms with Crippen molar-refractivity contribution in [1.82, 2.24) is 9.88 Å². The Morgan fingerprint density at radius 2 is 1.76 bits per heavy atom. The Kier molecular flexibility index (Phi) is 9.09. The van der Waals surface area contributed by atoms with Crippen LogP contribution in [0.25, 0.3) is 22.4 Å². The Morgan fingerprint density at radius 3 is 2.51 bits per heavy atom. The third-order valence-electron chi connectivity index (χ3n) is 9.50. The van der Waals surface area contributed by atoms with Crippen molar-refractivity contribution in [2.24, 2.45) is 17.8 Å². The summed E-state index contributed by atoms with van der Waals surface area (Å²) in [5.41, 5.74) is 4.54. The van der Waals surface area contributed by atoms with Gasteiger partial charge in [0.15, 0.2) is 0 Å². The number of aliphatic carboxylic acids is 1. The lowest BCUT2D eigenvalue weighted by Crippen LogP contribution is -2.35. The highest BCUT2D eigenvalue weighted by atomic mass is 16.5. The maximum atomic E-state index is 13.6. The number of benzene rings is 2. The summed E-state index contributed by atoms with van der Waals surface area (Å²) >= 11 is 0. The van der Waals surface area contributed by atoms with Crippen molar-refractivity contribution in [2.75, 3.05) is 19.8 Å². The minimum atomic E-state index is -0.850. The van der Waals surface area contributed by atoms with Crippen LogP contribution in [-0.4, -0.2) is 68.8 Å². The summed E-state index contributed by atoms with van der Waals surface area (Å²) in [7, 11) is 0. The van der Waals surface area contributed by atoms with Crippen molar-refractivity contribution >= 4 is 40.2 Å². The molecular weight excluding hydrogens is 572 g/mol. The van der Waals surface area contributed by atoms with Crippen LogP contribution in [0.3, 0.4) is 0 Å². The fourth-order valence-electron chi connectivity index (χ4n) is 7.36. The van der Waals surface area contributed by atoms with Gasteiger partial charge in [0, 0.05) is 30.5 Å². The Bertz CT molecular complexity index is 1660. The number of carbonyl (C=O) groups is 3. The normalized spacial score (nSPS) is 23.1. The van der Waals surface area contributed by atoms with Gasteiger partial charge in [-0.1, -0.05) is 42.8 Å². The van der Waals surface area contributed by atoms with Gasteiger partial charge in [0.2, 0.25) is 11.8 Å². The van der Waals surface area contributed by atoms with Gasteiger partial charge in [-0.15, -0.1) is 0 Å². The number of carbonyl (C=O) groups excluding carboxylic acids is 2. The Hall–Kier alpha value is -4.34. The van der Waals surface area contributed by atoms with E-state index < -0.39 is 17.8 Å². The first-order chi connectivity index (χ1) is 21.9. The van der Waals surface area contributed by atoms with E-state index in [9.17, 15) is 24.6 Å². The van der Waals surface area contributed by atoms with Gasteiger partial charge in [0.1, 0.15) is 5.75 Å². The second kappa shape index (κ2) is 13.3. The van der Waals surface area contributed by atoms with E-state index in [2.05, 4.69) is 11.1 Å². The van der Waals surface area contributed by atoms with Crippen LogP contribution in [0.15, 0.2) is 71.9 Å². The van der Waals surface area contributed by atoms with Gasteiger partial charge in [-0.25, -0.2) is 0 Å². The lowest BCUT2D eigenvalue weighted by molar-refractivity contribution is -0.141. The number of aliphatic hydroxyl groups excluding tert-OH is 1. The summed E-state index contributed by atoms with van der Waals surface area (Å²) in [6, 6.07) is 17.1. The number of aromatic hydroxyl groups is 1. The molecular formula is C36H38N2O7. The molecule has 0 bridgehead atoms. The van der Waals surface area contributed by atoms with E-state index in [0.717, 1.165) is 38.7 Å². The number of fused-ring (bicyclic) bond motifs is 4. The molecule has 3 heterocycles. The molecule has 6 rings (SSSR count). The van der Waals surface area contributed by atoms with Gasteiger partial charge >= 0.3 is 5.97 Å².